The van der Waals surface area contributed by atoms with Crippen LogP contribution in [0.15, 0.2) is 36.5 Å². The summed E-state index contributed by atoms with van der Waals surface area (Å²) < 4.78 is 17.5. The lowest BCUT2D eigenvalue weighted by atomic mass is 10.0. The number of carbonyl (C=O) groups excluding carboxylic acids is 2. The molecule has 0 heterocycles. The van der Waals surface area contributed by atoms with Crippen LogP contribution in [0.2, 0.25) is 0 Å². The average Bonchev–Trinajstić information content (AvgIpc) is 3.34. The van der Waals surface area contributed by atoms with Gasteiger partial charge in [-0.25, -0.2) is 0 Å². The lowest BCUT2D eigenvalue weighted by molar-refractivity contribution is -0.163. The number of allylic oxidation sites excluding steroid dienone is 6. The van der Waals surface area contributed by atoms with Crippen molar-refractivity contribution < 1.29 is 23.8 Å². The van der Waals surface area contributed by atoms with E-state index in [0.29, 0.717) is 19.4 Å². The number of esters is 2. The third kappa shape index (κ3) is 56.7. The summed E-state index contributed by atoms with van der Waals surface area (Å²) in [5.74, 6) is -0.393. The van der Waals surface area contributed by atoms with Crippen LogP contribution in [-0.2, 0) is 23.8 Å². The fourth-order valence-electron chi connectivity index (χ4n) is 9.18. The highest BCUT2D eigenvalue weighted by atomic mass is 16.6. The molecule has 0 aromatic heterocycles. The first-order chi connectivity index (χ1) is 33.6. The van der Waals surface area contributed by atoms with Crippen molar-refractivity contribution in [1.82, 2.24) is 0 Å². The zero-order valence-corrected chi connectivity index (χ0v) is 46.1. The van der Waals surface area contributed by atoms with E-state index in [0.717, 1.165) is 64.2 Å². The van der Waals surface area contributed by atoms with Gasteiger partial charge < -0.3 is 14.2 Å². The van der Waals surface area contributed by atoms with E-state index in [1.165, 1.54) is 231 Å². The summed E-state index contributed by atoms with van der Waals surface area (Å²) in [5, 5.41) is 0. The summed E-state index contributed by atoms with van der Waals surface area (Å²) in [5.41, 5.74) is 0. The second-order valence-corrected chi connectivity index (χ2v) is 20.6. The minimum absolute atomic E-state index is 0.0831. The predicted octanol–water partition coefficient (Wildman–Crippen LogP) is 20.9. The van der Waals surface area contributed by atoms with Crippen molar-refractivity contribution in [2.24, 2.45) is 0 Å². The summed E-state index contributed by atoms with van der Waals surface area (Å²) in [4.78, 5) is 25.6. The minimum atomic E-state index is -0.538. The van der Waals surface area contributed by atoms with Gasteiger partial charge in [0.2, 0.25) is 0 Å². The summed E-state index contributed by atoms with van der Waals surface area (Å²) >= 11 is 0. The fraction of sp³-hybridized carbons (Fsp3) is 0.873. The van der Waals surface area contributed by atoms with Crippen molar-refractivity contribution in [3.63, 3.8) is 0 Å². The molecule has 0 saturated carbocycles. The van der Waals surface area contributed by atoms with Gasteiger partial charge in [-0.05, 0) is 51.4 Å². The van der Waals surface area contributed by atoms with Crippen molar-refractivity contribution in [2.45, 2.75) is 335 Å². The van der Waals surface area contributed by atoms with Crippen LogP contribution in [0.4, 0.5) is 0 Å². The Balaban J connectivity index is 4.21. The van der Waals surface area contributed by atoms with E-state index in [4.69, 9.17) is 14.2 Å². The van der Waals surface area contributed by atoms with Crippen molar-refractivity contribution in [3.05, 3.63) is 36.5 Å². The van der Waals surface area contributed by atoms with Crippen molar-refractivity contribution in [2.75, 3.05) is 19.8 Å². The molecular weight excluding hydrogens is 837 g/mol. The monoisotopic (exact) mass is 955 g/mol. The van der Waals surface area contributed by atoms with Gasteiger partial charge in [-0.2, -0.15) is 0 Å². The van der Waals surface area contributed by atoms with Crippen LogP contribution in [0.25, 0.3) is 0 Å². The van der Waals surface area contributed by atoms with Crippen molar-refractivity contribution in [1.29, 1.82) is 0 Å². The van der Waals surface area contributed by atoms with Gasteiger partial charge in [0, 0.05) is 19.4 Å². The average molecular weight is 956 g/mol. The molecule has 0 amide bonds. The second kappa shape index (κ2) is 59.4. The van der Waals surface area contributed by atoms with Crippen LogP contribution in [0.1, 0.15) is 329 Å². The van der Waals surface area contributed by atoms with E-state index < -0.39 is 6.10 Å². The lowest BCUT2D eigenvalue weighted by Gasteiger charge is -2.18. The molecule has 5 heteroatoms. The Kier molecular flexibility index (Phi) is 57.8. The van der Waals surface area contributed by atoms with Gasteiger partial charge in [0.05, 0.1) is 6.61 Å². The lowest BCUT2D eigenvalue weighted by Crippen LogP contribution is -2.30. The molecular formula is C63H118O5. The van der Waals surface area contributed by atoms with Gasteiger partial charge in [0.15, 0.2) is 6.10 Å². The van der Waals surface area contributed by atoms with Crippen molar-refractivity contribution in [3.8, 4) is 0 Å². The van der Waals surface area contributed by atoms with Gasteiger partial charge >= 0.3 is 11.9 Å². The highest BCUT2D eigenvalue weighted by Gasteiger charge is 2.17. The Morgan fingerprint density at radius 3 is 1.06 bits per heavy atom. The first kappa shape index (κ1) is 66.1. The number of carbonyl (C=O) groups is 2. The van der Waals surface area contributed by atoms with Gasteiger partial charge in [-0.1, -0.05) is 301 Å². The molecule has 0 spiro atoms. The topological polar surface area (TPSA) is 61.8 Å². The Bertz CT molecular complexity index is 1080. The summed E-state index contributed by atoms with van der Waals surface area (Å²) in [6.45, 7) is 7.78. The van der Waals surface area contributed by atoms with Crippen LogP contribution in [0, 0.1) is 0 Å². The summed E-state index contributed by atoms with van der Waals surface area (Å²) in [6.07, 6.45) is 73.2. The van der Waals surface area contributed by atoms with Crippen LogP contribution in [0.5, 0.6) is 0 Å². The highest BCUT2D eigenvalue weighted by Crippen LogP contribution is 2.17. The first-order valence-corrected chi connectivity index (χ1v) is 30.5. The van der Waals surface area contributed by atoms with Gasteiger partial charge in [0.25, 0.3) is 0 Å². The first-order valence-electron chi connectivity index (χ1n) is 30.5. The summed E-state index contributed by atoms with van der Waals surface area (Å²) in [7, 11) is 0. The van der Waals surface area contributed by atoms with Crippen LogP contribution < -0.4 is 0 Å². The molecule has 0 aliphatic rings. The fourth-order valence-corrected chi connectivity index (χ4v) is 9.18. The molecule has 0 rings (SSSR count). The zero-order chi connectivity index (χ0) is 49.2. The number of rotatable bonds is 57. The second-order valence-electron chi connectivity index (χ2n) is 20.6. The largest absolute Gasteiger partial charge is 0.462 e. The molecule has 0 aromatic carbocycles. The minimum Gasteiger partial charge on any atom is -0.462 e. The molecule has 0 bridgehead atoms. The molecule has 0 radical (unpaired) electrons. The number of hydrogen-bond donors (Lipinski definition) is 0. The number of ether oxygens (including phenoxy) is 3. The molecule has 5 nitrogen and oxygen atoms in total. The van der Waals surface area contributed by atoms with Gasteiger partial charge in [-0.3, -0.25) is 9.59 Å². The van der Waals surface area contributed by atoms with Gasteiger partial charge in [-0.15, -0.1) is 0 Å². The van der Waals surface area contributed by atoms with E-state index in [2.05, 4.69) is 57.2 Å². The Hall–Kier alpha value is -1.88. The van der Waals surface area contributed by atoms with E-state index >= 15 is 0 Å². The number of unbranched alkanes of at least 4 members (excludes halogenated alkanes) is 40. The van der Waals surface area contributed by atoms with E-state index in [-0.39, 0.29) is 25.2 Å². The molecule has 0 aliphatic carbocycles. The van der Waals surface area contributed by atoms with Gasteiger partial charge in [0.1, 0.15) is 6.61 Å². The molecule has 0 aromatic rings. The molecule has 1 atom stereocenters. The van der Waals surface area contributed by atoms with E-state index in [9.17, 15) is 9.59 Å². The molecule has 0 unspecified atom stereocenters. The molecule has 0 saturated heterocycles. The molecule has 400 valence electrons. The number of hydrogen-bond acceptors (Lipinski definition) is 5. The zero-order valence-electron chi connectivity index (χ0n) is 46.1. The smallest absolute Gasteiger partial charge is 0.306 e. The SMILES string of the molecule is CC/C=C\C/C=C\C/C=C\CCCCCCCC(=O)OC[C@@H](COCCCCCCCCCCCCCCCCCC)OC(=O)CCCCCCCCCCCCCCCCCCCCCCC. The maximum atomic E-state index is 12.9. The van der Waals surface area contributed by atoms with E-state index in [1.807, 2.05) is 0 Å². The summed E-state index contributed by atoms with van der Waals surface area (Å²) in [6, 6.07) is 0. The standard InChI is InChI=1S/C63H118O5/c1-4-7-10-13-16-19-22-25-28-30-31-32-33-34-36-39-42-45-48-51-54-57-63(65)68-61(59-66-58-55-52-49-46-43-40-37-29-26-23-20-17-14-11-8-5-2)60-67-62(64)56-53-50-47-44-41-38-35-27-24-21-18-15-12-9-6-3/h9,12,18,21,27,35,61H,4-8,10-11,13-17,19-20,22-26,28-34,36-60H2,1-3H3/b12-9-,21-18-,35-27-/t61-/m1/s1. The Labute approximate surface area is 425 Å². The van der Waals surface area contributed by atoms with Crippen LogP contribution in [-0.4, -0.2) is 37.9 Å². The molecule has 0 aliphatic heterocycles. The maximum absolute atomic E-state index is 12.9. The van der Waals surface area contributed by atoms with Crippen LogP contribution in [0.3, 0.4) is 0 Å². The Morgan fingerprint density at radius 2 is 0.662 bits per heavy atom. The Morgan fingerprint density at radius 1 is 0.338 bits per heavy atom. The highest BCUT2D eigenvalue weighted by molar-refractivity contribution is 5.70. The van der Waals surface area contributed by atoms with E-state index in [1.54, 1.807) is 0 Å². The normalized spacial score (nSPS) is 12.3. The quantitative estimate of drug-likeness (QED) is 0.0345. The molecule has 0 N–H and O–H groups in total. The maximum Gasteiger partial charge on any atom is 0.306 e. The molecule has 0 fully saturated rings. The van der Waals surface area contributed by atoms with Crippen molar-refractivity contribution >= 4 is 11.9 Å². The third-order valence-corrected chi connectivity index (χ3v) is 13.7. The molecule has 68 heavy (non-hydrogen) atoms. The predicted molar refractivity (Wildman–Crippen MR) is 298 cm³/mol. The van der Waals surface area contributed by atoms with Crippen LogP contribution >= 0.6 is 0 Å². The third-order valence-electron chi connectivity index (χ3n) is 13.7.